The van der Waals surface area contributed by atoms with E-state index in [9.17, 15) is 19.3 Å². The third-order valence-electron chi connectivity index (χ3n) is 4.85. The Balaban J connectivity index is 1.75. The highest BCUT2D eigenvalue weighted by Gasteiger charge is 2.45. The second-order valence-electron chi connectivity index (χ2n) is 8.08. The lowest BCUT2D eigenvalue weighted by atomic mass is 10.2. The number of esters is 1. The Bertz CT molecular complexity index is 1120. The molecule has 1 fully saturated rings. The molecular formula is C21H28ClN4O8P. The summed E-state index contributed by atoms with van der Waals surface area (Å²) in [4.78, 5) is 28.0. The number of anilines is 1. The van der Waals surface area contributed by atoms with Gasteiger partial charge in [-0.25, -0.2) is 9.36 Å². The van der Waals surface area contributed by atoms with Crippen LogP contribution >= 0.6 is 19.3 Å². The Labute approximate surface area is 206 Å². The van der Waals surface area contributed by atoms with Gasteiger partial charge in [0.2, 0.25) is 0 Å². The molecule has 3 rings (SSSR count). The van der Waals surface area contributed by atoms with Crippen molar-refractivity contribution in [2.45, 2.75) is 56.7 Å². The summed E-state index contributed by atoms with van der Waals surface area (Å²) in [7, 11) is -4.18. The number of para-hydroxylation sites is 1. The summed E-state index contributed by atoms with van der Waals surface area (Å²) in [6, 6.07) is 8.53. The molecule has 0 bridgehead atoms. The molecule has 2 aromatic rings. The van der Waals surface area contributed by atoms with Crippen LogP contribution in [0.3, 0.4) is 0 Å². The van der Waals surface area contributed by atoms with Gasteiger partial charge in [-0.05, 0) is 39.0 Å². The van der Waals surface area contributed by atoms with E-state index in [1.807, 2.05) is 0 Å². The number of aromatic nitrogens is 2. The monoisotopic (exact) mass is 530 g/mol. The Morgan fingerprint density at radius 2 is 2.00 bits per heavy atom. The van der Waals surface area contributed by atoms with Gasteiger partial charge in [-0.1, -0.05) is 18.2 Å². The minimum absolute atomic E-state index is 0.0194. The molecule has 35 heavy (non-hydrogen) atoms. The molecule has 0 spiro atoms. The first-order valence-corrected chi connectivity index (χ1v) is 12.8. The number of nitrogen functional groups attached to an aromatic ring is 1. The summed E-state index contributed by atoms with van der Waals surface area (Å²) in [6.07, 6.45) is -2.50. The second kappa shape index (κ2) is 11.5. The number of alkyl halides is 1. The van der Waals surface area contributed by atoms with Crippen molar-refractivity contribution in [3.05, 3.63) is 53.1 Å². The Morgan fingerprint density at radius 3 is 2.63 bits per heavy atom. The Hall–Kier alpha value is -2.47. The molecule has 4 N–H and O–H groups in total. The zero-order valence-electron chi connectivity index (χ0n) is 19.3. The minimum Gasteiger partial charge on any atom is -0.462 e. The minimum atomic E-state index is -4.18. The zero-order valence-corrected chi connectivity index (χ0v) is 21.0. The van der Waals surface area contributed by atoms with Crippen LogP contribution in [0.1, 0.15) is 27.0 Å². The van der Waals surface area contributed by atoms with E-state index >= 15 is 0 Å². The normalized spacial score (nSPS) is 24.6. The maximum atomic E-state index is 13.6. The Morgan fingerprint density at radius 1 is 1.31 bits per heavy atom. The summed E-state index contributed by atoms with van der Waals surface area (Å²) in [5.41, 5.74) is 4.79. The van der Waals surface area contributed by atoms with E-state index in [0.29, 0.717) is 0 Å². The third-order valence-corrected chi connectivity index (χ3v) is 6.97. The fourth-order valence-corrected chi connectivity index (χ4v) is 5.04. The molecule has 2 heterocycles. The molecule has 2 unspecified atom stereocenters. The number of aliphatic hydroxyl groups is 1. The van der Waals surface area contributed by atoms with E-state index in [1.165, 1.54) is 19.2 Å². The number of ether oxygens (including phenoxy) is 2. The number of rotatable bonds is 10. The predicted octanol–water partition coefficient (Wildman–Crippen LogP) is 1.82. The molecule has 0 radical (unpaired) electrons. The van der Waals surface area contributed by atoms with Crippen molar-refractivity contribution in [2.75, 3.05) is 12.3 Å². The fraction of sp³-hybridized carbons (Fsp3) is 0.476. The van der Waals surface area contributed by atoms with Crippen LogP contribution in [0.25, 0.3) is 0 Å². The predicted molar refractivity (Wildman–Crippen MR) is 127 cm³/mol. The fourth-order valence-electron chi connectivity index (χ4n) is 3.19. The first kappa shape index (κ1) is 27.1. The van der Waals surface area contributed by atoms with Gasteiger partial charge in [0.1, 0.15) is 35.2 Å². The van der Waals surface area contributed by atoms with Crippen LogP contribution in [0, 0.1) is 0 Å². The van der Waals surface area contributed by atoms with Gasteiger partial charge >= 0.3 is 19.4 Å². The van der Waals surface area contributed by atoms with Gasteiger partial charge in [-0.3, -0.25) is 13.9 Å². The molecule has 1 saturated heterocycles. The summed E-state index contributed by atoms with van der Waals surface area (Å²) < 4.78 is 36.6. The van der Waals surface area contributed by atoms with Gasteiger partial charge in [0.15, 0.2) is 6.23 Å². The van der Waals surface area contributed by atoms with Gasteiger partial charge in [-0.15, -0.1) is 11.6 Å². The first-order valence-electron chi connectivity index (χ1n) is 10.8. The van der Waals surface area contributed by atoms with Crippen molar-refractivity contribution in [1.29, 1.82) is 0 Å². The molecule has 1 aromatic carbocycles. The maximum absolute atomic E-state index is 13.6. The highest BCUT2D eigenvalue weighted by Crippen LogP contribution is 2.46. The molecule has 1 aliphatic heterocycles. The number of hydrogen-bond donors (Lipinski definition) is 3. The number of benzene rings is 1. The number of carbonyl (C=O) groups is 1. The highest BCUT2D eigenvalue weighted by atomic mass is 35.5. The van der Waals surface area contributed by atoms with Gasteiger partial charge < -0.3 is 24.8 Å². The van der Waals surface area contributed by atoms with Crippen LogP contribution in [0.15, 0.2) is 47.4 Å². The number of nitrogens with zero attached hydrogens (tertiary/aromatic N) is 2. The molecule has 12 nitrogen and oxygen atoms in total. The standard InChI is InChI=1S/C21H28ClN4O8P/c1-12(2)32-20(28)13(3)25-35(30,34-14-7-5-4-6-8-14)31-11-15-18(27)17(22)19(33-15)26-10-9-16(23)24-21(26)29/h4-10,12-13,15,17-19,27H,11H2,1-3H3,(H,25,30)(H2,23,24,29)/t13-,15-,17+,18-,19?,35?/m1/s1. The van der Waals surface area contributed by atoms with Crippen molar-refractivity contribution in [3.63, 3.8) is 0 Å². The number of aliphatic hydroxyl groups excluding tert-OH is 1. The van der Waals surface area contributed by atoms with Gasteiger partial charge in [0.25, 0.3) is 0 Å². The van der Waals surface area contributed by atoms with Crippen molar-refractivity contribution >= 4 is 31.1 Å². The van der Waals surface area contributed by atoms with Crippen molar-refractivity contribution in [3.8, 4) is 5.75 Å². The number of halogens is 1. The molecule has 1 aromatic heterocycles. The summed E-state index contributed by atoms with van der Waals surface area (Å²) in [5.74, 6) is -0.423. The topological polar surface area (TPSA) is 164 Å². The van der Waals surface area contributed by atoms with E-state index in [2.05, 4.69) is 10.1 Å². The molecular weight excluding hydrogens is 503 g/mol. The highest BCUT2D eigenvalue weighted by molar-refractivity contribution is 7.52. The van der Waals surface area contributed by atoms with Crippen molar-refractivity contribution < 1.29 is 33.0 Å². The van der Waals surface area contributed by atoms with E-state index in [4.69, 9.17) is 35.9 Å². The lowest BCUT2D eigenvalue weighted by Crippen LogP contribution is -2.37. The van der Waals surface area contributed by atoms with Crippen LogP contribution in [-0.2, 0) is 23.4 Å². The van der Waals surface area contributed by atoms with Crippen LogP contribution in [-0.4, -0.2) is 57.0 Å². The first-order chi connectivity index (χ1) is 16.5. The number of nitrogens with one attached hydrogen (secondary N) is 1. The van der Waals surface area contributed by atoms with Crippen LogP contribution < -0.4 is 21.0 Å². The second-order valence-corrected chi connectivity index (χ2v) is 10.3. The van der Waals surface area contributed by atoms with Crippen molar-refractivity contribution in [2.24, 2.45) is 0 Å². The van der Waals surface area contributed by atoms with Gasteiger partial charge in [0, 0.05) is 6.20 Å². The smallest absolute Gasteiger partial charge is 0.459 e. The molecule has 192 valence electrons. The summed E-state index contributed by atoms with van der Waals surface area (Å²) in [5, 5.41) is 12.1. The SMILES string of the molecule is CC(C)OC(=O)[C@@H](C)NP(=O)(OC[C@H]1OC(n2ccc(N)nc2=O)[C@@H](Cl)[C@@H]1O)Oc1ccccc1. The molecule has 6 atom stereocenters. The van der Waals surface area contributed by atoms with E-state index in [1.54, 1.807) is 44.2 Å². The van der Waals surface area contributed by atoms with Crippen LogP contribution in [0.2, 0.25) is 0 Å². The van der Waals surface area contributed by atoms with E-state index < -0.39 is 55.9 Å². The van der Waals surface area contributed by atoms with Gasteiger partial charge in [0.05, 0.1) is 12.7 Å². The lowest BCUT2D eigenvalue weighted by Gasteiger charge is -2.25. The summed E-state index contributed by atoms with van der Waals surface area (Å²) >= 11 is 6.30. The molecule has 14 heteroatoms. The molecule has 0 saturated carbocycles. The average Bonchev–Trinajstić information content (AvgIpc) is 3.06. The van der Waals surface area contributed by atoms with E-state index in [-0.39, 0.29) is 17.7 Å². The van der Waals surface area contributed by atoms with Crippen molar-refractivity contribution in [1.82, 2.24) is 14.6 Å². The van der Waals surface area contributed by atoms with E-state index in [0.717, 1.165) is 4.57 Å². The zero-order chi connectivity index (χ0) is 25.8. The van der Waals surface area contributed by atoms with Crippen LogP contribution in [0.5, 0.6) is 5.75 Å². The summed E-state index contributed by atoms with van der Waals surface area (Å²) in [6.45, 7) is 4.37. The van der Waals surface area contributed by atoms with Gasteiger partial charge in [-0.2, -0.15) is 10.1 Å². The largest absolute Gasteiger partial charge is 0.462 e. The third kappa shape index (κ3) is 7.03. The quantitative estimate of drug-likeness (QED) is 0.233. The lowest BCUT2D eigenvalue weighted by molar-refractivity contribution is -0.149. The average molecular weight is 531 g/mol. The molecule has 0 aliphatic carbocycles. The number of carbonyl (C=O) groups excluding carboxylic acids is 1. The molecule has 1 aliphatic rings. The maximum Gasteiger partial charge on any atom is 0.459 e. The number of hydrogen-bond acceptors (Lipinski definition) is 10. The Kier molecular flexibility index (Phi) is 8.92. The molecule has 0 amide bonds. The number of nitrogens with two attached hydrogens (primary N) is 1. The van der Waals surface area contributed by atoms with Crippen LogP contribution in [0.4, 0.5) is 5.82 Å².